The number of halogens is 1. The lowest BCUT2D eigenvalue weighted by Gasteiger charge is -2.04. The molecule has 15 heavy (non-hydrogen) atoms. The molecule has 1 N–H and O–H groups in total. The normalized spacial score (nSPS) is 10.9. The zero-order chi connectivity index (χ0) is 11.3. The highest BCUT2D eigenvalue weighted by Gasteiger charge is 2.11. The standard InChI is InChI=1S/C10H18BrN3O/c1-4-8-10(11)9(14(3)13-8)7-15-6-5-12-2/h12H,4-7H2,1-3H3. The van der Waals surface area contributed by atoms with Crippen LogP contribution >= 0.6 is 15.9 Å². The second kappa shape index (κ2) is 6.25. The monoisotopic (exact) mass is 275 g/mol. The number of aromatic nitrogens is 2. The van der Waals surface area contributed by atoms with Crippen molar-refractivity contribution in [1.29, 1.82) is 0 Å². The van der Waals surface area contributed by atoms with Gasteiger partial charge >= 0.3 is 0 Å². The molecule has 1 heterocycles. The topological polar surface area (TPSA) is 39.1 Å². The summed E-state index contributed by atoms with van der Waals surface area (Å²) in [7, 11) is 3.86. The van der Waals surface area contributed by atoms with E-state index in [0.29, 0.717) is 6.61 Å². The zero-order valence-electron chi connectivity index (χ0n) is 9.51. The molecule has 1 aromatic heterocycles. The summed E-state index contributed by atoms with van der Waals surface area (Å²) < 4.78 is 8.48. The highest BCUT2D eigenvalue weighted by Crippen LogP contribution is 2.21. The van der Waals surface area contributed by atoms with Crippen LogP contribution < -0.4 is 5.32 Å². The molecule has 0 aliphatic heterocycles. The van der Waals surface area contributed by atoms with E-state index in [2.05, 4.69) is 33.3 Å². The highest BCUT2D eigenvalue weighted by molar-refractivity contribution is 9.10. The van der Waals surface area contributed by atoms with Crippen LogP contribution in [0, 0.1) is 0 Å². The molecule has 0 saturated heterocycles. The SMILES string of the molecule is CCc1nn(C)c(COCCNC)c1Br. The number of nitrogens with one attached hydrogen (secondary N) is 1. The molecule has 0 saturated carbocycles. The first-order chi connectivity index (χ1) is 7.20. The summed E-state index contributed by atoms with van der Waals surface area (Å²) in [6.45, 7) is 4.29. The Morgan fingerprint density at radius 1 is 1.53 bits per heavy atom. The van der Waals surface area contributed by atoms with E-state index in [9.17, 15) is 0 Å². The van der Waals surface area contributed by atoms with E-state index in [1.54, 1.807) is 0 Å². The Kier molecular flexibility index (Phi) is 5.28. The van der Waals surface area contributed by atoms with Gasteiger partial charge in [0.15, 0.2) is 0 Å². The van der Waals surface area contributed by atoms with E-state index >= 15 is 0 Å². The second-order valence-electron chi connectivity index (χ2n) is 3.34. The maximum Gasteiger partial charge on any atom is 0.0896 e. The number of hydrogen-bond acceptors (Lipinski definition) is 3. The molecule has 0 unspecified atom stereocenters. The average Bonchev–Trinajstić information content (AvgIpc) is 2.50. The van der Waals surface area contributed by atoms with Crippen molar-refractivity contribution in [2.24, 2.45) is 7.05 Å². The Morgan fingerprint density at radius 2 is 2.27 bits per heavy atom. The minimum atomic E-state index is 0.603. The quantitative estimate of drug-likeness (QED) is 0.800. The molecule has 0 bridgehead atoms. The number of ether oxygens (including phenoxy) is 1. The predicted molar refractivity (Wildman–Crippen MR) is 63.9 cm³/mol. The van der Waals surface area contributed by atoms with Gasteiger partial charge in [-0.3, -0.25) is 4.68 Å². The molecule has 1 rings (SSSR count). The first kappa shape index (κ1) is 12.7. The molecule has 5 heteroatoms. The minimum Gasteiger partial charge on any atom is -0.374 e. The third kappa shape index (κ3) is 3.29. The Labute approximate surface area is 99.1 Å². The third-order valence-electron chi connectivity index (χ3n) is 2.24. The maximum absolute atomic E-state index is 5.53. The van der Waals surface area contributed by atoms with Gasteiger partial charge in [-0.05, 0) is 29.4 Å². The minimum absolute atomic E-state index is 0.603. The van der Waals surface area contributed by atoms with Crippen molar-refractivity contribution in [2.45, 2.75) is 20.0 Å². The summed E-state index contributed by atoms with van der Waals surface area (Å²) in [6.07, 6.45) is 0.935. The number of aryl methyl sites for hydroxylation is 2. The van der Waals surface area contributed by atoms with Gasteiger partial charge in [-0.25, -0.2) is 0 Å². The lowest BCUT2D eigenvalue weighted by Crippen LogP contribution is -2.14. The van der Waals surface area contributed by atoms with Crippen LogP contribution in [-0.4, -0.2) is 30.0 Å². The Morgan fingerprint density at radius 3 is 2.80 bits per heavy atom. The highest BCUT2D eigenvalue weighted by atomic mass is 79.9. The lowest BCUT2D eigenvalue weighted by molar-refractivity contribution is 0.118. The van der Waals surface area contributed by atoms with Gasteiger partial charge in [-0.2, -0.15) is 5.10 Å². The van der Waals surface area contributed by atoms with Crippen LogP contribution in [0.5, 0.6) is 0 Å². The first-order valence-corrected chi connectivity index (χ1v) is 5.92. The van der Waals surface area contributed by atoms with Crippen molar-refractivity contribution in [3.05, 3.63) is 15.9 Å². The van der Waals surface area contributed by atoms with Gasteiger partial charge < -0.3 is 10.1 Å². The van der Waals surface area contributed by atoms with Crippen LogP contribution in [0.4, 0.5) is 0 Å². The van der Waals surface area contributed by atoms with Gasteiger partial charge in [-0.15, -0.1) is 0 Å². The van der Waals surface area contributed by atoms with Gasteiger partial charge in [0.1, 0.15) is 0 Å². The molecule has 0 aliphatic carbocycles. The van der Waals surface area contributed by atoms with Crippen LogP contribution in [-0.2, 0) is 24.8 Å². The van der Waals surface area contributed by atoms with Crippen LogP contribution in [0.25, 0.3) is 0 Å². The van der Waals surface area contributed by atoms with Crippen molar-refractivity contribution in [2.75, 3.05) is 20.2 Å². The van der Waals surface area contributed by atoms with Gasteiger partial charge in [-0.1, -0.05) is 6.92 Å². The van der Waals surface area contributed by atoms with Crippen LogP contribution in [0.15, 0.2) is 4.47 Å². The summed E-state index contributed by atoms with van der Waals surface area (Å²) in [4.78, 5) is 0. The fraction of sp³-hybridized carbons (Fsp3) is 0.700. The van der Waals surface area contributed by atoms with Crippen molar-refractivity contribution >= 4 is 15.9 Å². The number of hydrogen-bond donors (Lipinski definition) is 1. The summed E-state index contributed by atoms with van der Waals surface area (Å²) in [5.41, 5.74) is 2.19. The largest absolute Gasteiger partial charge is 0.374 e. The predicted octanol–water partition coefficient (Wildman–Crippen LogP) is 1.48. The number of rotatable bonds is 6. The fourth-order valence-electron chi connectivity index (χ4n) is 1.32. The Hall–Kier alpha value is -0.390. The van der Waals surface area contributed by atoms with Crippen molar-refractivity contribution in [3.8, 4) is 0 Å². The van der Waals surface area contributed by atoms with E-state index < -0.39 is 0 Å². The summed E-state index contributed by atoms with van der Waals surface area (Å²) in [5.74, 6) is 0. The smallest absolute Gasteiger partial charge is 0.0896 e. The maximum atomic E-state index is 5.53. The number of nitrogens with zero attached hydrogens (tertiary/aromatic N) is 2. The molecular formula is C10H18BrN3O. The van der Waals surface area contributed by atoms with Gasteiger partial charge in [0.25, 0.3) is 0 Å². The van der Waals surface area contributed by atoms with E-state index in [-0.39, 0.29) is 0 Å². The summed E-state index contributed by atoms with van der Waals surface area (Å²) in [5, 5.41) is 7.44. The van der Waals surface area contributed by atoms with E-state index in [1.165, 1.54) is 0 Å². The molecule has 0 radical (unpaired) electrons. The molecule has 0 fully saturated rings. The fourth-order valence-corrected chi connectivity index (χ4v) is 2.05. The molecular weight excluding hydrogens is 258 g/mol. The molecule has 86 valence electrons. The molecule has 0 atom stereocenters. The molecule has 0 aromatic carbocycles. The van der Waals surface area contributed by atoms with E-state index in [1.807, 2.05) is 18.8 Å². The lowest BCUT2D eigenvalue weighted by atomic mass is 10.3. The first-order valence-electron chi connectivity index (χ1n) is 5.13. The molecule has 0 amide bonds. The Bertz CT molecular complexity index is 312. The van der Waals surface area contributed by atoms with Gasteiger partial charge in [0.2, 0.25) is 0 Å². The van der Waals surface area contributed by atoms with E-state index in [0.717, 1.165) is 35.4 Å². The summed E-state index contributed by atoms with van der Waals surface area (Å²) in [6, 6.07) is 0. The van der Waals surface area contributed by atoms with Crippen LogP contribution in [0.1, 0.15) is 18.3 Å². The van der Waals surface area contributed by atoms with E-state index in [4.69, 9.17) is 4.74 Å². The molecule has 4 nitrogen and oxygen atoms in total. The zero-order valence-corrected chi connectivity index (χ0v) is 11.1. The van der Waals surface area contributed by atoms with Gasteiger partial charge in [0, 0.05) is 13.6 Å². The second-order valence-corrected chi connectivity index (χ2v) is 4.13. The molecule has 0 aliphatic rings. The molecule has 1 aromatic rings. The third-order valence-corrected chi connectivity index (χ3v) is 3.15. The molecule has 0 spiro atoms. The average molecular weight is 276 g/mol. The summed E-state index contributed by atoms with van der Waals surface area (Å²) >= 11 is 3.55. The van der Waals surface area contributed by atoms with Crippen molar-refractivity contribution < 1.29 is 4.74 Å². The van der Waals surface area contributed by atoms with Crippen molar-refractivity contribution in [3.63, 3.8) is 0 Å². The van der Waals surface area contributed by atoms with Crippen molar-refractivity contribution in [1.82, 2.24) is 15.1 Å². The van der Waals surface area contributed by atoms with Crippen LogP contribution in [0.3, 0.4) is 0 Å². The van der Waals surface area contributed by atoms with Crippen LogP contribution in [0.2, 0.25) is 0 Å². The van der Waals surface area contributed by atoms with Gasteiger partial charge in [0.05, 0.1) is 29.1 Å². The number of likely N-dealkylation sites (N-methyl/N-ethyl adjacent to an activating group) is 1. The Balaban J connectivity index is 2.56.